The average molecular weight is 351 g/mol. The van der Waals surface area contributed by atoms with Gasteiger partial charge < -0.3 is 9.84 Å². The minimum atomic E-state index is -5.05. The molecule has 0 amide bonds. The lowest BCUT2D eigenvalue weighted by atomic mass is 10.0. The monoisotopic (exact) mass is 351 g/mol. The quantitative estimate of drug-likeness (QED) is 0.835. The molecule has 4 nitrogen and oxygen atoms in total. The SMILES string of the molecule is O=C(O)c1ncc(-c2ccccc2OC(F)(F)F)cc1C(F)(F)F. The van der Waals surface area contributed by atoms with Crippen molar-refractivity contribution in [1.82, 2.24) is 4.98 Å². The fourth-order valence-electron chi connectivity index (χ4n) is 1.92. The van der Waals surface area contributed by atoms with E-state index in [0.29, 0.717) is 6.07 Å². The molecule has 1 N–H and O–H groups in total. The molecule has 0 aliphatic rings. The number of alkyl halides is 6. The highest BCUT2D eigenvalue weighted by molar-refractivity contribution is 5.88. The third-order valence-corrected chi connectivity index (χ3v) is 2.82. The molecule has 0 bridgehead atoms. The molecule has 1 heterocycles. The lowest BCUT2D eigenvalue weighted by Crippen LogP contribution is -2.18. The highest BCUT2D eigenvalue weighted by Gasteiger charge is 2.37. The summed E-state index contributed by atoms with van der Waals surface area (Å²) in [7, 11) is 0. The van der Waals surface area contributed by atoms with Crippen LogP contribution >= 0.6 is 0 Å². The van der Waals surface area contributed by atoms with Crippen molar-refractivity contribution in [2.75, 3.05) is 0 Å². The predicted molar refractivity (Wildman–Crippen MR) is 68.3 cm³/mol. The number of nitrogens with zero attached hydrogens (tertiary/aromatic N) is 1. The Labute approximate surface area is 130 Å². The van der Waals surface area contributed by atoms with Crippen molar-refractivity contribution >= 4 is 5.97 Å². The number of aromatic nitrogens is 1. The zero-order valence-corrected chi connectivity index (χ0v) is 11.4. The van der Waals surface area contributed by atoms with E-state index in [1.54, 1.807) is 0 Å². The van der Waals surface area contributed by atoms with Crippen LogP contribution in [0.1, 0.15) is 16.1 Å². The molecule has 2 aromatic rings. The first kappa shape index (κ1) is 17.6. The van der Waals surface area contributed by atoms with Gasteiger partial charge >= 0.3 is 18.5 Å². The fourth-order valence-corrected chi connectivity index (χ4v) is 1.92. The van der Waals surface area contributed by atoms with Gasteiger partial charge in [-0.05, 0) is 12.1 Å². The van der Waals surface area contributed by atoms with Gasteiger partial charge in [0.15, 0.2) is 5.69 Å². The molecular weight excluding hydrogens is 344 g/mol. The second-order valence-electron chi connectivity index (χ2n) is 4.47. The summed E-state index contributed by atoms with van der Waals surface area (Å²) in [5.41, 5.74) is -3.51. The smallest absolute Gasteiger partial charge is 0.476 e. The van der Waals surface area contributed by atoms with Gasteiger partial charge in [0, 0.05) is 17.3 Å². The fraction of sp³-hybridized carbons (Fsp3) is 0.143. The van der Waals surface area contributed by atoms with Crippen LogP contribution in [0, 0.1) is 0 Å². The van der Waals surface area contributed by atoms with Crippen LogP contribution in [0.5, 0.6) is 5.75 Å². The summed E-state index contributed by atoms with van der Waals surface area (Å²) in [6.07, 6.45) is -9.36. The molecule has 0 aliphatic carbocycles. The summed E-state index contributed by atoms with van der Waals surface area (Å²) in [6.45, 7) is 0. The highest BCUT2D eigenvalue weighted by Crippen LogP contribution is 2.37. The second kappa shape index (κ2) is 6.02. The van der Waals surface area contributed by atoms with E-state index in [1.807, 2.05) is 0 Å². The summed E-state index contributed by atoms with van der Waals surface area (Å²) >= 11 is 0. The van der Waals surface area contributed by atoms with Crippen molar-refractivity contribution in [2.45, 2.75) is 12.5 Å². The van der Waals surface area contributed by atoms with Crippen molar-refractivity contribution in [1.29, 1.82) is 0 Å². The van der Waals surface area contributed by atoms with Gasteiger partial charge in [-0.3, -0.25) is 0 Å². The molecule has 1 aromatic carbocycles. The topological polar surface area (TPSA) is 59.4 Å². The zero-order chi connectivity index (χ0) is 18.1. The number of carboxylic acid groups (broad SMARTS) is 1. The molecule has 0 unspecified atom stereocenters. The number of carboxylic acids is 1. The Morgan fingerprint density at radius 3 is 2.25 bits per heavy atom. The Hall–Kier alpha value is -2.78. The van der Waals surface area contributed by atoms with Crippen LogP contribution in [0.2, 0.25) is 0 Å². The summed E-state index contributed by atoms with van der Waals surface area (Å²) in [4.78, 5) is 14.0. The predicted octanol–water partition coefficient (Wildman–Crippen LogP) is 4.36. The first-order valence-corrected chi connectivity index (χ1v) is 6.15. The molecule has 10 heteroatoms. The largest absolute Gasteiger partial charge is 0.573 e. The normalized spacial score (nSPS) is 12.1. The number of para-hydroxylation sites is 1. The molecule has 128 valence electrons. The first-order valence-electron chi connectivity index (χ1n) is 6.15. The van der Waals surface area contributed by atoms with Crippen LogP contribution in [-0.2, 0) is 6.18 Å². The van der Waals surface area contributed by atoms with E-state index in [4.69, 9.17) is 5.11 Å². The van der Waals surface area contributed by atoms with Gasteiger partial charge in [-0.15, -0.1) is 13.2 Å². The first-order chi connectivity index (χ1) is 11.0. The van der Waals surface area contributed by atoms with Gasteiger partial charge in [0.05, 0.1) is 5.56 Å². The summed E-state index contributed by atoms with van der Waals surface area (Å²) in [5, 5.41) is 8.76. The lowest BCUT2D eigenvalue weighted by Gasteiger charge is -2.15. The van der Waals surface area contributed by atoms with Gasteiger partial charge in [-0.25, -0.2) is 9.78 Å². The van der Waals surface area contributed by atoms with E-state index in [-0.39, 0.29) is 11.1 Å². The van der Waals surface area contributed by atoms with Crippen LogP contribution in [-0.4, -0.2) is 22.4 Å². The Kier molecular flexibility index (Phi) is 4.41. The molecule has 1 aromatic heterocycles. The van der Waals surface area contributed by atoms with Crippen molar-refractivity contribution in [3.8, 4) is 16.9 Å². The van der Waals surface area contributed by atoms with Gasteiger partial charge in [-0.1, -0.05) is 18.2 Å². The molecule has 0 fully saturated rings. The lowest BCUT2D eigenvalue weighted by molar-refractivity contribution is -0.274. The van der Waals surface area contributed by atoms with Gasteiger partial charge in [-0.2, -0.15) is 13.2 Å². The van der Waals surface area contributed by atoms with Crippen LogP contribution in [0.4, 0.5) is 26.3 Å². The van der Waals surface area contributed by atoms with E-state index in [1.165, 1.54) is 12.1 Å². The van der Waals surface area contributed by atoms with Crippen LogP contribution in [0.3, 0.4) is 0 Å². The number of hydrogen-bond donors (Lipinski definition) is 1. The van der Waals surface area contributed by atoms with E-state index < -0.39 is 35.5 Å². The highest BCUT2D eigenvalue weighted by atomic mass is 19.4. The van der Waals surface area contributed by atoms with Crippen molar-refractivity contribution in [3.63, 3.8) is 0 Å². The Bertz CT molecular complexity index is 770. The zero-order valence-electron chi connectivity index (χ0n) is 11.4. The Balaban J connectivity index is 2.61. The third kappa shape index (κ3) is 3.94. The van der Waals surface area contributed by atoms with Crippen molar-refractivity contribution < 1.29 is 41.0 Å². The molecule has 2 rings (SSSR count). The molecule has 0 aliphatic heterocycles. The summed E-state index contributed by atoms with van der Waals surface area (Å²) in [5.74, 6) is -2.64. The van der Waals surface area contributed by atoms with Crippen LogP contribution < -0.4 is 4.74 Å². The maximum absolute atomic E-state index is 13.0. The van der Waals surface area contributed by atoms with Gasteiger partial charge in [0.2, 0.25) is 0 Å². The average Bonchev–Trinajstić information content (AvgIpc) is 2.44. The number of benzene rings is 1. The molecule has 0 saturated heterocycles. The van der Waals surface area contributed by atoms with Crippen molar-refractivity contribution in [2.24, 2.45) is 0 Å². The van der Waals surface area contributed by atoms with Crippen LogP contribution in [0.25, 0.3) is 11.1 Å². The minimum absolute atomic E-state index is 0.315. The van der Waals surface area contributed by atoms with E-state index >= 15 is 0 Å². The van der Waals surface area contributed by atoms with Crippen LogP contribution in [0.15, 0.2) is 36.5 Å². The maximum atomic E-state index is 13.0. The number of rotatable bonds is 3. The number of aromatic carboxylic acids is 1. The minimum Gasteiger partial charge on any atom is -0.476 e. The Morgan fingerprint density at radius 2 is 1.71 bits per heavy atom. The molecule has 0 spiro atoms. The summed E-state index contributed by atoms with van der Waals surface area (Å²) in [6, 6.07) is 4.92. The van der Waals surface area contributed by atoms with Crippen molar-refractivity contribution in [3.05, 3.63) is 47.8 Å². The summed E-state index contributed by atoms with van der Waals surface area (Å²) < 4.78 is 79.8. The number of carbonyl (C=O) groups is 1. The van der Waals surface area contributed by atoms with Gasteiger partial charge in [0.1, 0.15) is 5.75 Å². The number of hydrogen-bond acceptors (Lipinski definition) is 3. The molecule has 24 heavy (non-hydrogen) atoms. The molecule has 0 saturated carbocycles. The number of pyridine rings is 1. The molecular formula is C14H7F6NO3. The standard InChI is InChI=1S/C14H7F6NO3/c15-13(16,17)9-5-7(6-21-11(9)12(22)23)8-3-1-2-4-10(8)24-14(18,19)20/h1-6H,(H,22,23). The Morgan fingerprint density at radius 1 is 1.08 bits per heavy atom. The van der Waals surface area contributed by atoms with E-state index in [9.17, 15) is 31.1 Å². The molecule has 0 radical (unpaired) electrons. The van der Waals surface area contributed by atoms with E-state index in [0.717, 1.165) is 18.3 Å². The third-order valence-electron chi connectivity index (χ3n) is 2.82. The number of ether oxygens (including phenoxy) is 1. The number of halogens is 6. The van der Waals surface area contributed by atoms with E-state index in [2.05, 4.69) is 9.72 Å². The molecule has 0 atom stereocenters. The van der Waals surface area contributed by atoms with Gasteiger partial charge in [0.25, 0.3) is 0 Å². The maximum Gasteiger partial charge on any atom is 0.573 e. The second-order valence-corrected chi connectivity index (χ2v) is 4.47.